The summed E-state index contributed by atoms with van der Waals surface area (Å²) in [7, 11) is -2.11. The van der Waals surface area contributed by atoms with Crippen molar-refractivity contribution in [3.63, 3.8) is 0 Å². The van der Waals surface area contributed by atoms with Gasteiger partial charge in [-0.1, -0.05) is 121 Å². The first-order chi connectivity index (χ1) is 16.9. The summed E-state index contributed by atoms with van der Waals surface area (Å²) in [6.07, 6.45) is 4.73. The summed E-state index contributed by atoms with van der Waals surface area (Å²) in [6, 6.07) is 55.0. The molecule has 0 spiro atoms. The van der Waals surface area contributed by atoms with Crippen molar-refractivity contribution in [1.29, 1.82) is 0 Å². The van der Waals surface area contributed by atoms with Gasteiger partial charge in [-0.3, -0.25) is 0 Å². The average molecular weight is 456 g/mol. The second kappa shape index (κ2) is 10.5. The Morgan fingerprint density at radius 3 is 1.18 bits per heavy atom. The van der Waals surface area contributed by atoms with Crippen LogP contribution in [0, 0.1) is 0 Å². The van der Waals surface area contributed by atoms with Gasteiger partial charge in [-0.25, -0.2) is 0 Å². The van der Waals surface area contributed by atoms with Crippen LogP contribution in [0.25, 0.3) is 6.08 Å². The Balaban J connectivity index is 1.85. The molecule has 0 amide bonds. The summed E-state index contributed by atoms with van der Waals surface area (Å²) in [5, 5.41) is 4.16. The highest BCUT2D eigenvalue weighted by Crippen LogP contribution is 2.67. The molecule has 0 aliphatic carbocycles. The van der Waals surface area contributed by atoms with E-state index < -0.39 is 7.26 Å². The topological polar surface area (TPSA) is 0 Å². The first-order valence-electron chi connectivity index (χ1n) is 11.7. The second-order valence-electron chi connectivity index (χ2n) is 8.35. The van der Waals surface area contributed by atoms with E-state index in [9.17, 15) is 0 Å². The third-order valence-corrected chi connectivity index (χ3v) is 11.0. The molecule has 0 heterocycles. The van der Waals surface area contributed by atoms with Crippen LogP contribution in [0.1, 0.15) is 16.8 Å². The van der Waals surface area contributed by atoms with Gasteiger partial charge in [-0.05, 0) is 53.6 Å². The van der Waals surface area contributed by atoms with Gasteiger partial charge in [0, 0.05) is 0 Å². The molecule has 1 unspecified atom stereocenters. The van der Waals surface area contributed by atoms with E-state index in [2.05, 4.69) is 164 Å². The minimum absolute atomic E-state index is 0.182. The smallest absolute Gasteiger partial charge is 0.0622 e. The van der Waals surface area contributed by atoms with Crippen LogP contribution in [-0.2, 0) is 0 Å². The Kier molecular flexibility index (Phi) is 6.80. The zero-order chi connectivity index (χ0) is 23.1. The van der Waals surface area contributed by atoms with Crippen molar-refractivity contribution < 1.29 is 0 Å². The summed E-state index contributed by atoms with van der Waals surface area (Å²) < 4.78 is 0. The van der Waals surface area contributed by atoms with Crippen LogP contribution in [0.2, 0.25) is 0 Å². The molecule has 1 heteroatoms. The van der Waals surface area contributed by atoms with E-state index in [0.29, 0.717) is 0 Å². The van der Waals surface area contributed by atoms with E-state index in [1.807, 2.05) is 0 Å². The molecule has 5 rings (SSSR count). The highest BCUT2D eigenvalue weighted by atomic mass is 31.2. The Morgan fingerprint density at radius 1 is 0.412 bits per heavy atom. The summed E-state index contributed by atoms with van der Waals surface area (Å²) >= 11 is 0. The quantitative estimate of drug-likeness (QED) is 0.224. The fraction of sp³-hybridized carbons (Fsp3) is 0.0303. The van der Waals surface area contributed by atoms with Gasteiger partial charge in [0.2, 0.25) is 0 Å². The minimum Gasteiger partial charge on any atom is -0.0622 e. The van der Waals surface area contributed by atoms with E-state index >= 15 is 0 Å². The zero-order valence-corrected chi connectivity index (χ0v) is 20.0. The molecule has 0 N–H and O–H groups in total. The number of hydrogen-bond donors (Lipinski definition) is 0. The monoisotopic (exact) mass is 455 g/mol. The third kappa shape index (κ3) is 4.38. The van der Waals surface area contributed by atoms with Crippen LogP contribution in [0.3, 0.4) is 0 Å². The first kappa shape index (κ1) is 22.1. The highest BCUT2D eigenvalue weighted by molar-refractivity contribution is 7.96. The Hall–Kier alpha value is -3.73. The summed E-state index contributed by atoms with van der Waals surface area (Å²) in [5.74, 6) is 0. The molecule has 0 aliphatic rings. The molecule has 5 aromatic carbocycles. The van der Waals surface area contributed by atoms with Crippen molar-refractivity contribution in [2.45, 2.75) is 5.66 Å². The van der Waals surface area contributed by atoms with Gasteiger partial charge in [0.1, 0.15) is 28.8 Å². The van der Waals surface area contributed by atoms with Gasteiger partial charge in [0.15, 0.2) is 0 Å². The van der Waals surface area contributed by atoms with Gasteiger partial charge in [-0.15, -0.1) is 0 Å². The molecule has 0 saturated carbocycles. The standard InChI is InChI=1S/C33H28P/c1-6-16-28(17-7-1)26-27-33(29-18-8-2-9-19-29)34(30-20-10-3-11-21-30,31-22-12-4-13-23-31)32-24-14-5-15-25-32/h1-27,33H/q+1/b27-26+. The summed E-state index contributed by atoms with van der Waals surface area (Å²) in [6.45, 7) is 0. The maximum absolute atomic E-state index is 2.44. The lowest BCUT2D eigenvalue weighted by Crippen LogP contribution is -2.34. The Labute approximate surface area is 203 Å². The second-order valence-corrected chi connectivity index (χ2v) is 11.9. The third-order valence-electron chi connectivity index (χ3n) is 6.32. The number of benzene rings is 5. The van der Waals surface area contributed by atoms with Crippen LogP contribution >= 0.6 is 7.26 Å². The molecule has 0 aromatic heterocycles. The van der Waals surface area contributed by atoms with Crippen LogP contribution in [-0.4, -0.2) is 0 Å². The fourth-order valence-electron chi connectivity index (χ4n) is 4.80. The molecule has 0 aliphatic heterocycles. The van der Waals surface area contributed by atoms with Crippen molar-refractivity contribution in [3.05, 3.63) is 169 Å². The van der Waals surface area contributed by atoms with Crippen molar-refractivity contribution in [2.24, 2.45) is 0 Å². The van der Waals surface area contributed by atoms with Gasteiger partial charge >= 0.3 is 0 Å². The van der Waals surface area contributed by atoms with Crippen molar-refractivity contribution in [2.75, 3.05) is 0 Å². The van der Waals surface area contributed by atoms with Crippen LogP contribution in [0.15, 0.2) is 158 Å². The predicted molar refractivity (Wildman–Crippen MR) is 150 cm³/mol. The summed E-state index contributed by atoms with van der Waals surface area (Å²) in [5.41, 5.74) is 2.73. The molecule has 0 saturated heterocycles. The Morgan fingerprint density at radius 2 is 0.765 bits per heavy atom. The lowest BCUT2D eigenvalue weighted by atomic mass is 10.1. The lowest BCUT2D eigenvalue weighted by molar-refractivity contribution is 1.21. The molecule has 0 fully saturated rings. The maximum atomic E-state index is 2.44. The van der Waals surface area contributed by atoms with Crippen LogP contribution in [0.5, 0.6) is 0 Å². The first-order valence-corrected chi connectivity index (χ1v) is 13.6. The van der Waals surface area contributed by atoms with E-state index in [1.54, 1.807) is 0 Å². The van der Waals surface area contributed by atoms with Crippen molar-refractivity contribution in [3.8, 4) is 0 Å². The van der Waals surface area contributed by atoms with E-state index in [1.165, 1.54) is 27.0 Å². The normalized spacial score (nSPS) is 12.5. The van der Waals surface area contributed by atoms with Crippen molar-refractivity contribution >= 4 is 29.3 Å². The summed E-state index contributed by atoms with van der Waals surface area (Å²) in [4.78, 5) is 0. The molecule has 5 aromatic rings. The molecule has 34 heavy (non-hydrogen) atoms. The lowest BCUT2D eigenvalue weighted by Gasteiger charge is -2.33. The highest BCUT2D eigenvalue weighted by Gasteiger charge is 2.51. The molecule has 164 valence electrons. The minimum atomic E-state index is -2.11. The predicted octanol–water partition coefficient (Wildman–Crippen LogP) is 7.44. The van der Waals surface area contributed by atoms with Gasteiger partial charge in [-0.2, -0.15) is 0 Å². The fourth-order valence-corrected chi connectivity index (χ4v) is 9.55. The largest absolute Gasteiger partial charge is 0.127 e. The SMILES string of the molecule is C(=C\C(c1ccccc1)[P+](c1ccccc1)(c1ccccc1)c1ccccc1)/c1ccccc1. The molecule has 0 bridgehead atoms. The molecule has 1 atom stereocenters. The number of allylic oxidation sites excluding steroid dienone is 1. The molecule has 0 radical (unpaired) electrons. The van der Waals surface area contributed by atoms with E-state index in [0.717, 1.165) is 0 Å². The van der Waals surface area contributed by atoms with E-state index in [-0.39, 0.29) is 5.66 Å². The average Bonchev–Trinajstić information content (AvgIpc) is 2.94. The van der Waals surface area contributed by atoms with Crippen LogP contribution in [0.4, 0.5) is 0 Å². The Bertz CT molecular complexity index is 1220. The van der Waals surface area contributed by atoms with Crippen LogP contribution < -0.4 is 15.9 Å². The number of hydrogen-bond acceptors (Lipinski definition) is 0. The zero-order valence-electron chi connectivity index (χ0n) is 19.1. The van der Waals surface area contributed by atoms with Gasteiger partial charge in [0.25, 0.3) is 0 Å². The van der Waals surface area contributed by atoms with Gasteiger partial charge in [0.05, 0.1) is 0 Å². The van der Waals surface area contributed by atoms with Gasteiger partial charge < -0.3 is 0 Å². The van der Waals surface area contributed by atoms with Crippen molar-refractivity contribution in [1.82, 2.24) is 0 Å². The maximum Gasteiger partial charge on any atom is 0.127 e. The molecule has 0 nitrogen and oxygen atoms in total. The molecular weight excluding hydrogens is 427 g/mol. The number of rotatable bonds is 7. The van der Waals surface area contributed by atoms with E-state index in [4.69, 9.17) is 0 Å². The molecular formula is C33H28P+.